The quantitative estimate of drug-likeness (QED) is 0.627. The van der Waals surface area contributed by atoms with E-state index in [0.29, 0.717) is 13.1 Å². The summed E-state index contributed by atoms with van der Waals surface area (Å²) in [4.78, 5) is 14.5. The van der Waals surface area contributed by atoms with Crippen molar-refractivity contribution in [2.45, 2.75) is 33.5 Å². The number of fused-ring (bicyclic) bond motifs is 1. The number of urea groups is 1. The number of furan rings is 1. The highest BCUT2D eigenvalue weighted by atomic mass is 16.3. The molecule has 1 heterocycles. The van der Waals surface area contributed by atoms with Crippen LogP contribution in [-0.2, 0) is 19.6 Å². The standard InChI is InChI=1S/C22H27N3O2/c1-3-25(4-2)16-19-7-5-6-17(12-19)14-23-22(26)24-15-18-8-9-20-10-11-27-21(20)13-18/h5-13H,3-4,14-16H2,1-2H3,(H2,23,24,26). The van der Waals surface area contributed by atoms with Crippen LogP contribution in [0, 0.1) is 0 Å². The summed E-state index contributed by atoms with van der Waals surface area (Å²) in [5.41, 5.74) is 4.21. The summed E-state index contributed by atoms with van der Waals surface area (Å²) in [6, 6.07) is 16.1. The summed E-state index contributed by atoms with van der Waals surface area (Å²) in [6.45, 7) is 8.31. The van der Waals surface area contributed by atoms with Gasteiger partial charge < -0.3 is 15.1 Å². The lowest BCUT2D eigenvalue weighted by Crippen LogP contribution is -2.34. The zero-order valence-electron chi connectivity index (χ0n) is 16.0. The fraction of sp³-hybridized carbons (Fsp3) is 0.318. The van der Waals surface area contributed by atoms with Crippen molar-refractivity contribution in [3.63, 3.8) is 0 Å². The van der Waals surface area contributed by atoms with Gasteiger partial charge in [-0.15, -0.1) is 0 Å². The van der Waals surface area contributed by atoms with Gasteiger partial charge in [0, 0.05) is 25.0 Å². The molecule has 0 aliphatic heterocycles. The van der Waals surface area contributed by atoms with E-state index in [-0.39, 0.29) is 6.03 Å². The second kappa shape index (κ2) is 9.24. The van der Waals surface area contributed by atoms with Gasteiger partial charge in [0.1, 0.15) is 5.58 Å². The number of nitrogens with one attached hydrogen (secondary N) is 2. The van der Waals surface area contributed by atoms with Crippen LogP contribution in [0.25, 0.3) is 11.0 Å². The van der Waals surface area contributed by atoms with Crippen LogP contribution in [0.5, 0.6) is 0 Å². The normalized spacial score (nSPS) is 11.1. The number of amides is 2. The van der Waals surface area contributed by atoms with E-state index in [2.05, 4.69) is 41.5 Å². The highest BCUT2D eigenvalue weighted by molar-refractivity contribution is 5.78. The van der Waals surface area contributed by atoms with E-state index in [4.69, 9.17) is 4.42 Å². The molecule has 0 saturated carbocycles. The molecule has 0 aliphatic rings. The van der Waals surface area contributed by atoms with Crippen LogP contribution in [0.4, 0.5) is 4.79 Å². The first-order chi connectivity index (χ1) is 13.2. The van der Waals surface area contributed by atoms with E-state index in [1.165, 1.54) is 5.56 Å². The summed E-state index contributed by atoms with van der Waals surface area (Å²) in [6.07, 6.45) is 1.67. The molecule has 0 spiro atoms. The first-order valence-electron chi connectivity index (χ1n) is 9.46. The molecule has 27 heavy (non-hydrogen) atoms. The maximum Gasteiger partial charge on any atom is 0.315 e. The molecule has 2 amide bonds. The Bertz CT molecular complexity index is 884. The molecule has 0 fully saturated rings. The van der Waals surface area contributed by atoms with Crippen molar-refractivity contribution in [2.24, 2.45) is 0 Å². The number of nitrogens with zero attached hydrogens (tertiary/aromatic N) is 1. The van der Waals surface area contributed by atoms with E-state index >= 15 is 0 Å². The van der Waals surface area contributed by atoms with Crippen LogP contribution in [-0.4, -0.2) is 24.0 Å². The smallest absolute Gasteiger partial charge is 0.315 e. The summed E-state index contributed by atoms with van der Waals surface area (Å²) in [5, 5.41) is 6.88. The van der Waals surface area contributed by atoms with Crippen LogP contribution in [0.15, 0.2) is 59.2 Å². The number of carbonyl (C=O) groups is 1. The van der Waals surface area contributed by atoms with Crippen molar-refractivity contribution >= 4 is 17.0 Å². The van der Waals surface area contributed by atoms with Crippen molar-refractivity contribution in [2.75, 3.05) is 13.1 Å². The zero-order chi connectivity index (χ0) is 19.1. The van der Waals surface area contributed by atoms with E-state index in [9.17, 15) is 4.79 Å². The molecule has 0 atom stereocenters. The molecular formula is C22H27N3O2. The van der Waals surface area contributed by atoms with Crippen LogP contribution < -0.4 is 10.6 Å². The maximum absolute atomic E-state index is 12.1. The summed E-state index contributed by atoms with van der Waals surface area (Å²) >= 11 is 0. The van der Waals surface area contributed by atoms with Gasteiger partial charge >= 0.3 is 6.03 Å². The van der Waals surface area contributed by atoms with Crippen LogP contribution in [0.1, 0.15) is 30.5 Å². The molecule has 2 aromatic carbocycles. The van der Waals surface area contributed by atoms with Gasteiger partial charge in [-0.25, -0.2) is 4.79 Å². The molecular weight excluding hydrogens is 338 g/mol. The number of hydrogen-bond donors (Lipinski definition) is 2. The minimum atomic E-state index is -0.177. The first-order valence-corrected chi connectivity index (χ1v) is 9.46. The largest absolute Gasteiger partial charge is 0.464 e. The predicted molar refractivity (Wildman–Crippen MR) is 108 cm³/mol. The van der Waals surface area contributed by atoms with Gasteiger partial charge in [-0.1, -0.05) is 50.2 Å². The highest BCUT2D eigenvalue weighted by Gasteiger charge is 2.05. The Morgan fingerprint density at radius 2 is 1.63 bits per heavy atom. The van der Waals surface area contributed by atoms with Gasteiger partial charge in [-0.05, 0) is 41.9 Å². The van der Waals surface area contributed by atoms with E-state index in [1.54, 1.807) is 6.26 Å². The van der Waals surface area contributed by atoms with Gasteiger partial charge in [0.2, 0.25) is 0 Å². The Kier molecular flexibility index (Phi) is 6.49. The molecule has 0 aliphatic carbocycles. The number of rotatable bonds is 8. The molecule has 1 aromatic heterocycles. The second-order valence-electron chi connectivity index (χ2n) is 6.61. The fourth-order valence-corrected chi connectivity index (χ4v) is 3.08. The average molecular weight is 365 g/mol. The van der Waals surface area contributed by atoms with E-state index in [0.717, 1.165) is 41.7 Å². The monoisotopic (exact) mass is 365 g/mol. The van der Waals surface area contributed by atoms with Gasteiger partial charge in [0.05, 0.1) is 6.26 Å². The summed E-state index contributed by atoms with van der Waals surface area (Å²) in [5.74, 6) is 0. The Hall–Kier alpha value is -2.79. The van der Waals surface area contributed by atoms with E-state index < -0.39 is 0 Å². The molecule has 2 N–H and O–H groups in total. The van der Waals surface area contributed by atoms with Gasteiger partial charge in [0.25, 0.3) is 0 Å². The van der Waals surface area contributed by atoms with Crippen LogP contribution in [0.3, 0.4) is 0 Å². The Morgan fingerprint density at radius 3 is 2.37 bits per heavy atom. The molecule has 0 radical (unpaired) electrons. The molecule has 5 heteroatoms. The SMILES string of the molecule is CCN(CC)Cc1cccc(CNC(=O)NCc2ccc3ccoc3c2)c1. The Labute approximate surface area is 160 Å². The Morgan fingerprint density at radius 1 is 0.926 bits per heavy atom. The minimum absolute atomic E-state index is 0.177. The van der Waals surface area contributed by atoms with Gasteiger partial charge in [-0.2, -0.15) is 0 Å². The number of carbonyl (C=O) groups excluding carboxylic acids is 1. The van der Waals surface area contributed by atoms with Gasteiger partial charge in [-0.3, -0.25) is 4.90 Å². The van der Waals surface area contributed by atoms with Crippen LogP contribution >= 0.6 is 0 Å². The zero-order valence-corrected chi connectivity index (χ0v) is 16.0. The summed E-state index contributed by atoms with van der Waals surface area (Å²) < 4.78 is 5.39. The molecule has 3 aromatic rings. The lowest BCUT2D eigenvalue weighted by molar-refractivity contribution is 0.240. The lowest BCUT2D eigenvalue weighted by Gasteiger charge is -2.18. The first kappa shape index (κ1) is 19.0. The third-order valence-corrected chi connectivity index (χ3v) is 4.72. The highest BCUT2D eigenvalue weighted by Crippen LogP contribution is 2.16. The third-order valence-electron chi connectivity index (χ3n) is 4.72. The van der Waals surface area contributed by atoms with Crippen molar-refractivity contribution in [3.8, 4) is 0 Å². The fourth-order valence-electron chi connectivity index (χ4n) is 3.08. The lowest BCUT2D eigenvalue weighted by atomic mass is 10.1. The second-order valence-corrected chi connectivity index (χ2v) is 6.61. The molecule has 0 saturated heterocycles. The predicted octanol–water partition coefficient (Wildman–Crippen LogP) is 4.27. The molecule has 142 valence electrons. The molecule has 5 nitrogen and oxygen atoms in total. The summed E-state index contributed by atoms with van der Waals surface area (Å²) in [7, 11) is 0. The van der Waals surface area contributed by atoms with E-state index in [1.807, 2.05) is 36.4 Å². The van der Waals surface area contributed by atoms with Crippen molar-refractivity contribution in [3.05, 3.63) is 71.5 Å². The van der Waals surface area contributed by atoms with Crippen molar-refractivity contribution < 1.29 is 9.21 Å². The maximum atomic E-state index is 12.1. The molecule has 3 rings (SSSR count). The number of benzene rings is 2. The number of hydrogen-bond acceptors (Lipinski definition) is 3. The average Bonchev–Trinajstić information content (AvgIpc) is 3.17. The molecule has 0 unspecified atom stereocenters. The van der Waals surface area contributed by atoms with Crippen molar-refractivity contribution in [1.29, 1.82) is 0 Å². The van der Waals surface area contributed by atoms with Crippen molar-refractivity contribution in [1.82, 2.24) is 15.5 Å². The third kappa shape index (κ3) is 5.34. The Balaban J connectivity index is 1.48. The van der Waals surface area contributed by atoms with Gasteiger partial charge in [0.15, 0.2) is 0 Å². The van der Waals surface area contributed by atoms with Crippen LogP contribution in [0.2, 0.25) is 0 Å². The minimum Gasteiger partial charge on any atom is -0.464 e. The topological polar surface area (TPSA) is 57.5 Å². The molecule has 0 bridgehead atoms.